The number of hydrogen-bond acceptors (Lipinski definition) is 3. The lowest BCUT2D eigenvalue weighted by Gasteiger charge is -2.10. The van der Waals surface area contributed by atoms with E-state index in [1.54, 1.807) is 36.4 Å². The Labute approximate surface area is 123 Å². The highest BCUT2D eigenvalue weighted by atomic mass is 32.2. The molecule has 0 aliphatic rings. The van der Waals surface area contributed by atoms with Crippen LogP contribution in [-0.2, 0) is 10.1 Å². The number of pyridine rings is 1. The lowest BCUT2D eigenvalue weighted by atomic mass is 10.1. The monoisotopic (exact) mass is 328 g/mol. The first kappa shape index (κ1) is 14.6. The molecule has 8 heteroatoms. The van der Waals surface area contributed by atoms with Gasteiger partial charge in [0.15, 0.2) is 5.75 Å². The van der Waals surface area contributed by atoms with Gasteiger partial charge in [-0.05, 0) is 18.2 Å². The van der Waals surface area contributed by atoms with Crippen LogP contribution in [0.1, 0.15) is 0 Å². The van der Waals surface area contributed by atoms with Gasteiger partial charge in [-0.2, -0.15) is 21.6 Å². The summed E-state index contributed by atoms with van der Waals surface area (Å²) in [5.74, 6) is -0.378. The van der Waals surface area contributed by atoms with Gasteiger partial charge in [-0.25, -0.2) is 4.98 Å². The predicted molar refractivity (Wildman–Crippen MR) is 73.6 cm³/mol. The maximum atomic E-state index is 12.5. The van der Waals surface area contributed by atoms with Gasteiger partial charge in [-0.15, -0.1) is 0 Å². The van der Waals surface area contributed by atoms with Gasteiger partial charge in [0.2, 0.25) is 11.0 Å². The number of fused-ring (bicyclic) bond motifs is 2. The zero-order chi connectivity index (χ0) is 16.0. The molecule has 0 radical (unpaired) electrons. The topological polar surface area (TPSA) is 57.5 Å². The Balaban J connectivity index is 2.20. The zero-order valence-electron chi connectivity index (χ0n) is 10.9. The first-order chi connectivity index (χ1) is 10.3. The average Bonchev–Trinajstić information content (AvgIpc) is 2.44. The standard InChI is InChI=1S/C14H8F3NO3S/c15-14(16,17)22(19,20)21-13-7-3-6-12-10(13)8-9-4-1-2-5-11(9)18-12/h1-8H/p+1. The third-order valence-corrected chi connectivity index (χ3v) is 4.04. The van der Waals surface area contributed by atoms with Crippen molar-refractivity contribution in [3.05, 3.63) is 48.5 Å². The minimum atomic E-state index is -5.71. The summed E-state index contributed by atoms with van der Waals surface area (Å²) < 4.78 is 64.0. The van der Waals surface area contributed by atoms with Crippen LogP contribution in [0.3, 0.4) is 0 Å². The van der Waals surface area contributed by atoms with Crippen molar-refractivity contribution >= 4 is 31.9 Å². The molecule has 0 spiro atoms. The fourth-order valence-corrected chi connectivity index (χ4v) is 2.55. The quantitative estimate of drug-likeness (QED) is 0.413. The Morgan fingerprint density at radius 2 is 1.64 bits per heavy atom. The summed E-state index contributed by atoms with van der Waals surface area (Å²) >= 11 is 0. The van der Waals surface area contributed by atoms with Crippen LogP contribution >= 0.6 is 0 Å². The van der Waals surface area contributed by atoms with Crippen LogP contribution in [0.15, 0.2) is 48.5 Å². The van der Waals surface area contributed by atoms with E-state index in [1.165, 1.54) is 12.1 Å². The second-order valence-electron chi connectivity index (χ2n) is 4.56. The smallest absolute Gasteiger partial charge is 0.375 e. The second-order valence-corrected chi connectivity index (χ2v) is 6.09. The van der Waals surface area contributed by atoms with E-state index in [4.69, 9.17) is 0 Å². The number of halogens is 3. The minimum absolute atomic E-state index is 0.244. The van der Waals surface area contributed by atoms with Crippen LogP contribution in [0.25, 0.3) is 21.8 Å². The Morgan fingerprint density at radius 1 is 0.955 bits per heavy atom. The molecule has 0 saturated carbocycles. The number of hydrogen-bond donors (Lipinski definition) is 0. The van der Waals surface area contributed by atoms with Crippen molar-refractivity contribution < 1.29 is 30.8 Å². The number of H-pyrrole nitrogens is 1. The molecule has 3 rings (SSSR count). The van der Waals surface area contributed by atoms with Gasteiger partial charge in [0.1, 0.15) is 0 Å². The van der Waals surface area contributed by atoms with Crippen LogP contribution < -0.4 is 9.17 Å². The molecule has 0 aliphatic carbocycles. The largest absolute Gasteiger partial charge is 0.534 e. The first-order valence-electron chi connectivity index (χ1n) is 6.12. The number of benzene rings is 2. The summed E-state index contributed by atoms with van der Waals surface area (Å²) in [5.41, 5.74) is -4.24. The molecule has 2 aromatic carbocycles. The minimum Gasteiger partial charge on any atom is -0.375 e. The van der Waals surface area contributed by atoms with E-state index in [0.717, 1.165) is 10.9 Å². The first-order valence-corrected chi connectivity index (χ1v) is 7.53. The molecule has 0 amide bonds. The van der Waals surface area contributed by atoms with Gasteiger partial charge in [0, 0.05) is 17.5 Å². The molecule has 114 valence electrons. The van der Waals surface area contributed by atoms with Crippen molar-refractivity contribution in [2.24, 2.45) is 0 Å². The third kappa shape index (κ3) is 2.45. The second kappa shape index (κ2) is 4.84. The normalized spacial score (nSPS) is 12.7. The van der Waals surface area contributed by atoms with E-state index < -0.39 is 15.6 Å². The maximum absolute atomic E-state index is 12.5. The Hall–Kier alpha value is -2.35. The molecule has 1 aromatic heterocycles. The Kier molecular flexibility index (Phi) is 3.21. The molecular weight excluding hydrogens is 319 g/mol. The van der Waals surface area contributed by atoms with Crippen molar-refractivity contribution in [3.63, 3.8) is 0 Å². The fraction of sp³-hybridized carbons (Fsp3) is 0.0714. The molecule has 4 nitrogen and oxygen atoms in total. The number of rotatable bonds is 2. The molecule has 3 aromatic rings. The molecular formula is C14H9F3NO3S+. The van der Waals surface area contributed by atoms with Crippen molar-refractivity contribution in [1.29, 1.82) is 0 Å². The van der Waals surface area contributed by atoms with E-state index in [1.807, 2.05) is 0 Å². The van der Waals surface area contributed by atoms with Gasteiger partial charge in [0.05, 0.1) is 5.39 Å². The van der Waals surface area contributed by atoms with Crippen LogP contribution in [0.4, 0.5) is 13.2 Å². The number of aromatic amines is 1. The molecule has 0 fully saturated rings. The Bertz CT molecular complexity index is 968. The number of para-hydroxylation sites is 1. The number of nitrogens with one attached hydrogen (secondary N) is 1. The van der Waals surface area contributed by atoms with Crippen molar-refractivity contribution in [2.45, 2.75) is 5.51 Å². The molecule has 1 N–H and O–H groups in total. The molecule has 1 heterocycles. The van der Waals surface area contributed by atoms with Gasteiger partial charge in [-0.1, -0.05) is 18.2 Å². The van der Waals surface area contributed by atoms with E-state index >= 15 is 0 Å². The maximum Gasteiger partial charge on any atom is 0.534 e. The van der Waals surface area contributed by atoms with Gasteiger partial charge in [0.25, 0.3) is 0 Å². The highest BCUT2D eigenvalue weighted by Gasteiger charge is 2.48. The summed E-state index contributed by atoms with van der Waals surface area (Å²) in [5, 5.41) is 0.962. The summed E-state index contributed by atoms with van der Waals surface area (Å²) in [6.07, 6.45) is 0. The van der Waals surface area contributed by atoms with E-state index in [2.05, 4.69) is 9.17 Å². The SMILES string of the molecule is O=S(=O)(Oc1cccc2[nH+]c3ccccc3cc12)C(F)(F)F. The number of alkyl halides is 3. The summed E-state index contributed by atoms with van der Waals surface area (Å²) in [6.45, 7) is 0. The molecule has 0 saturated heterocycles. The molecule has 0 bridgehead atoms. The summed E-state index contributed by atoms with van der Waals surface area (Å²) in [4.78, 5) is 3.02. The Morgan fingerprint density at radius 3 is 2.36 bits per heavy atom. The van der Waals surface area contributed by atoms with E-state index in [0.29, 0.717) is 5.52 Å². The van der Waals surface area contributed by atoms with Crippen molar-refractivity contribution in [3.8, 4) is 5.75 Å². The van der Waals surface area contributed by atoms with Crippen LogP contribution in [0.2, 0.25) is 0 Å². The van der Waals surface area contributed by atoms with Gasteiger partial charge < -0.3 is 4.18 Å². The lowest BCUT2D eigenvalue weighted by Crippen LogP contribution is -2.28. The van der Waals surface area contributed by atoms with E-state index in [-0.39, 0.29) is 11.1 Å². The average molecular weight is 328 g/mol. The highest BCUT2D eigenvalue weighted by Crippen LogP contribution is 2.31. The lowest BCUT2D eigenvalue weighted by molar-refractivity contribution is -0.310. The van der Waals surface area contributed by atoms with E-state index in [9.17, 15) is 21.6 Å². The molecule has 0 atom stereocenters. The predicted octanol–water partition coefficient (Wildman–Crippen LogP) is 3.04. The van der Waals surface area contributed by atoms with Crippen LogP contribution in [0.5, 0.6) is 5.75 Å². The van der Waals surface area contributed by atoms with Crippen molar-refractivity contribution in [2.75, 3.05) is 0 Å². The van der Waals surface area contributed by atoms with Crippen LogP contribution in [-0.4, -0.2) is 13.9 Å². The molecule has 0 aliphatic heterocycles. The van der Waals surface area contributed by atoms with Gasteiger partial charge >= 0.3 is 15.6 Å². The zero-order valence-corrected chi connectivity index (χ0v) is 11.7. The van der Waals surface area contributed by atoms with Gasteiger partial charge in [-0.3, -0.25) is 0 Å². The highest BCUT2D eigenvalue weighted by molar-refractivity contribution is 7.88. The van der Waals surface area contributed by atoms with Crippen LogP contribution in [0, 0.1) is 0 Å². The third-order valence-electron chi connectivity index (χ3n) is 3.08. The van der Waals surface area contributed by atoms with Crippen molar-refractivity contribution in [1.82, 2.24) is 0 Å². The summed E-state index contributed by atoms with van der Waals surface area (Å²) in [6, 6.07) is 12.9. The molecule has 22 heavy (non-hydrogen) atoms. The number of aromatic nitrogens is 1. The molecule has 0 unspecified atom stereocenters. The fourth-order valence-electron chi connectivity index (χ4n) is 2.08. The summed E-state index contributed by atoms with van der Waals surface area (Å²) in [7, 11) is -5.71.